The lowest BCUT2D eigenvalue weighted by Gasteiger charge is -2.11. The molecule has 2 aromatic rings. The molecule has 100 valence electrons. The number of carboxylic acid groups (broad SMARTS) is 1. The second kappa shape index (κ2) is 4.38. The number of carboxylic acids is 1. The summed E-state index contributed by atoms with van der Waals surface area (Å²) in [7, 11) is 0. The minimum atomic E-state index is -4.86. The van der Waals surface area contributed by atoms with Crippen LogP contribution in [0.5, 0.6) is 0 Å². The Morgan fingerprint density at radius 3 is 2.47 bits per heavy atom. The van der Waals surface area contributed by atoms with Gasteiger partial charge in [0.05, 0.1) is 5.69 Å². The van der Waals surface area contributed by atoms with Gasteiger partial charge in [0.1, 0.15) is 0 Å². The van der Waals surface area contributed by atoms with Gasteiger partial charge < -0.3 is 5.11 Å². The highest BCUT2D eigenvalue weighted by molar-refractivity contribution is 5.86. The molecule has 0 atom stereocenters. The van der Waals surface area contributed by atoms with Crippen molar-refractivity contribution in [3.8, 4) is 5.69 Å². The van der Waals surface area contributed by atoms with Gasteiger partial charge in [-0.15, -0.1) is 5.10 Å². The molecule has 1 aromatic carbocycles. The average molecular weight is 271 g/mol. The SMILES string of the molecule is Cc1ccccc1-n1nnc(C(=O)O)c1C(F)(F)F. The van der Waals surface area contributed by atoms with Crippen LogP contribution in [0.1, 0.15) is 21.7 Å². The molecular formula is C11H8F3N3O2. The van der Waals surface area contributed by atoms with E-state index in [0.717, 1.165) is 0 Å². The van der Waals surface area contributed by atoms with Crippen molar-refractivity contribution in [2.75, 3.05) is 0 Å². The molecule has 0 aliphatic carbocycles. The van der Waals surface area contributed by atoms with E-state index >= 15 is 0 Å². The van der Waals surface area contributed by atoms with Crippen LogP contribution < -0.4 is 0 Å². The van der Waals surface area contributed by atoms with E-state index in [2.05, 4.69) is 10.3 Å². The van der Waals surface area contributed by atoms with E-state index in [1.807, 2.05) is 0 Å². The van der Waals surface area contributed by atoms with E-state index in [4.69, 9.17) is 5.11 Å². The summed E-state index contributed by atoms with van der Waals surface area (Å²) in [6.45, 7) is 1.59. The number of aromatic carboxylic acids is 1. The number of nitrogens with zero attached hydrogens (tertiary/aromatic N) is 3. The molecule has 8 heteroatoms. The molecule has 0 radical (unpaired) electrons. The normalized spacial score (nSPS) is 11.6. The van der Waals surface area contributed by atoms with E-state index in [0.29, 0.717) is 10.2 Å². The lowest BCUT2D eigenvalue weighted by molar-refractivity contribution is -0.143. The number of aromatic nitrogens is 3. The molecule has 0 spiro atoms. The van der Waals surface area contributed by atoms with Crippen LogP contribution >= 0.6 is 0 Å². The van der Waals surface area contributed by atoms with Crippen LogP contribution in [0.3, 0.4) is 0 Å². The molecule has 0 saturated heterocycles. The van der Waals surface area contributed by atoms with Crippen molar-refractivity contribution in [1.29, 1.82) is 0 Å². The van der Waals surface area contributed by atoms with E-state index in [1.54, 1.807) is 19.1 Å². The molecule has 0 aliphatic rings. The first-order valence-corrected chi connectivity index (χ1v) is 5.14. The van der Waals surface area contributed by atoms with E-state index < -0.39 is 23.5 Å². The Labute approximate surface area is 105 Å². The summed E-state index contributed by atoms with van der Waals surface area (Å²) in [4.78, 5) is 10.8. The van der Waals surface area contributed by atoms with Gasteiger partial charge in [0.15, 0.2) is 5.69 Å². The summed E-state index contributed by atoms with van der Waals surface area (Å²) >= 11 is 0. The second-order valence-electron chi connectivity index (χ2n) is 3.79. The van der Waals surface area contributed by atoms with Crippen LogP contribution in [0.25, 0.3) is 5.69 Å². The Balaban J connectivity index is 2.73. The number of rotatable bonds is 2. The fourth-order valence-corrected chi connectivity index (χ4v) is 1.65. The van der Waals surface area contributed by atoms with Crippen LogP contribution in [-0.2, 0) is 6.18 Å². The van der Waals surface area contributed by atoms with Crippen molar-refractivity contribution in [3.63, 3.8) is 0 Å². The molecule has 0 aliphatic heterocycles. The Morgan fingerprint density at radius 1 is 1.32 bits per heavy atom. The van der Waals surface area contributed by atoms with E-state index in [-0.39, 0.29) is 5.69 Å². The number of benzene rings is 1. The Hall–Kier alpha value is -2.38. The van der Waals surface area contributed by atoms with Crippen LogP contribution in [0.15, 0.2) is 24.3 Å². The van der Waals surface area contributed by atoms with Gasteiger partial charge in [-0.1, -0.05) is 23.4 Å². The number of para-hydroxylation sites is 1. The molecule has 1 heterocycles. The van der Waals surface area contributed by atoms with Crippen LogP contribution in [0.4, 0.5) is 13.2 Å². The second-order valence-corrected chi connectivity index (χ2v) is 3.79. The number of hydrogen-bond donors (Lipinski definition) is 1. The fraction of sp³-hybridized carbons (Fsp3) is 0.182. The molecule has 19 heavy (non-hydrogen) atoms. The Bertz CT molecular complexity index is 634. The first-order chi connectivity index (χ1) is 8.82. The van der Waals surface area contributed by atoms with Crippen LogP contribution in [0, 0.1) is 6.92 Å². The highest BCUT2D eigenvalue weighted by atomic mass is 19.4. The molecule has 2 rings (SSSR count). The van der Waals surface area contributed by atoms with Gasteiger partial charge in [0, 0.05) is 0 Å². The first-order valence-electron chi connectivity index (χ1n) is 5.14. The standard InChI is InChI=1S/C11H8F3N3O2/c1-6-4-2-3-5-7(6)17-9(11(12,13)14)8(10(18)19)15-16-17/h2-5H,1H3,(H,18,19). The topological polar surface area (TPSA) is 68.0 Å². The molecular weight excluding hydrogens is 263 g/mol. The van der Waals surface area contributed by atoms with Gasteiger partial charge in [0.25, 0.3) is 0 Å². The molecule has 0 saturated carbocycles. The summed E-state index contributed by atoms with van der Waals surface area (Å²) in [5.74, 6) is -1.77. The Morgan fingerprint density at radius 2 is 1.95 bits per heavy atom. The van der Waals surface area contributed by atoms with Crippen LogP contribution in [0.2, 0.25) is 0 Å². The summed E-state index contributed by atoms with van der Waals surface area (Å²) < 4.78 is 39.4. The van der Waals surface area contributed by atoms with Gasteiger partial charge in [-0.25, -0.2) is 9.48 Å². The Kier molecular flexibility index (Phi) is 3.01. The molecule has 5 nitrogen and oxygen atoms in total. The maximum absolute atomic E-state index is 13.0. The highest BCUT2D eigenvalue weighted by Crippen LogP contribution is 2.33. The summed E-state index contributed by atoms with van der Waals surface area (Å²) in [6, 6.07) is 6.19. The zero-order valence-electron chi connectivity index (χ0n) is 9.64. The van der Waals surface area contributed by atoms with Crippen molar-refractivity contribution < 1.29 is 23.1 Å². The summed E-state index contributed by atoms with van der Waals surface area (Å²) in [5, 5.41) is 15.1. The van der Waals surface area contributed by atoms with Crippen molar-refractivity contribution in [1.82, 2.24) is 15.0 Å². The summed E-state index contributed by atoms with van der Waals surface area (Å²) in [6.07, 6.45) is -4.86. The number of alkyl halides is 3. The molecule has 1 N–H and O–H groups in total. The van der Waals surface area contributed by atoms with Crippen LogP contribution in [-0.4, -0.2) is 26.1 Å². The van der Waals surface area contributed by atoms with E-state index in [1.165, 1.54) is 12.1 Å². The lowest BCUT2D eigenvalue weighted by Crippen LogP contribution is -2.17. The van der Waals surface area contributed by atoms with Gasteiger partial charge in [-0.2, -0.15) is 13.2 Å². The molecule has 0 amide bonds. The predicted molar refractivity (Wildman–Crippen MR) is 58.1 cm³/mol. The van der Waals surface area contributed by atoms with Crippen molar-refractivity contribution in [2.24, 2.45) is 0 Å². The number of halogens is 3. The zero-order chi connectivity index (χ0) is 14.2. The highest BCUT2D eigenvalue weighted by Gasteiger charge is 2.42. The average Bonchev–Trinajstić information content (AvgIpc) is 2.73. The van der Waals surface area contributed by atoms with Crippen molar-refractivity contribution in [2.45, 2.75) is 13.1 Å². The molecule has 0 bridgehead atoms. The van der Waals surface area contributed by atoms with Gasteiger partial charge in [-0.05, 0) is 18.6 Å². The number of carbonyl (C=O) groups is 1. The largest absolute Gasteiger partial charge is 0.476 e. The smallest absolute Gasteiger partial charge is 0.436 e. The maximum atomic E-state index is 13.0. The van der Waals surface area contributed by atoms with Gasteiger partial charge >= 0.3 is 12.1 Å². The van der Waals surface area contributed by atoms with Gasteiger partial charge in [0.2, 0.25) is 5.69 Å². The molecule has 1 aromatic heterocycles. The zero-order valence-corrected chi connectivity index (χ0v) is 9.64. The van der Waals surface area contributed by atoms with E-state index in [9.17, 15) is 18.0 Å². The maximum Gasteiger partial charge on any atom is 0.436 e. The molecule has 0 fully saturated rings. The summed E-state index contributed by atoms with van der Waals surface area (Å²) in [5.41, 5.74) is -1.85. The van der Waals surface area contributed by atoms with Crippen molar-refractivity contribution >= 4 is 5.97 Å². The third-order valence-electron chi connectivity index (χ3n) is 2.48. The van der Waals surface area contributed by atoms with Crippen molar-refractivity contribution in [3.05, 3.63) is 41.2 Å². The minimum Gasteiger partial charge on any atom is -0.476 e. The lowest BCUT2D eigenvalue weighted by atomic mass is 10.2. The quantitative estimate of drug-likeness (QED) is 0.909. The third kappa shape index (κ3) is 2.28. The number of hydrogen-bond acceptors (Lipinski definition) is 3. The first kappa shape index (κ1) is 13.1. The predicted octanol–water partition coefficient (Wildman–Crippen LogP) is 2.29. The third-order valence-corrected chi connectivity index (χ3v) is 2.48. The number of aryl methyl sites for hydroxylation is 1. The fourth-order valence-electron chi connectivity index (χ4n) is 1.65. The monoisotopic (exact) mass is 271 g/mol. The van der Waals surface area contributed by atoms with Gasteiger partial charge in [-0.3, -0.25) is 0 Å². The molecule has 0 unspecified atom stereocenters. The minimum absolute atomic E-state index is 0.134.